The van der Waals surface area contributed by atoms with Gasteiger partial charge in [0.1, 0.15) is 0 Å². The SMILES string of the molecule is CCCCCCCCOC(=O)c1cccc(C(=O)OCCCCCCCC)c1C(=O)O. The molecule has 0 bridgehead atoms. The van der Waals surface area contributed by atoms with Crippen molar-refractivity contribution in [1.82, 2.24) is 0 Å². The van der Waals surface area contributed by atoms with Gasteiger partial charge in [0.25, 0.3) is 0 Å². The molecule has 0 saturated heterocycles. The molecule has 0 aliphatic rings. The number of benzene rings is 1. The van der Waals surface area contributed by atoms with Gasteiger partial charge in [-0.1, -0.05) is 84.1 Å². The van der Waals surface area contributed by atoms with Crippen molar-refractivity contribution >= 4 is 17.9 Å². The fourth-order valence-electron chi connectivity index (χ4n) is 3.37. The molecule has 0 aliphatic heterocycles. The number of aromatic carboxylic acids is 1. The van der Waals surface area contributed by atoms with Crippen molar-refractivity contribution < 1.29 is 29.0 Å². The minimum atomic E-state index is -1.35. The van der Waals surface area contributed by atoms with Crippen molar-refractivity contribution in [3.05, 3.63) is 34.9 Å². The van der Waals surface area contributed by atoms with E-state index in [-0.39, 0.29) is 29.9 Å². The largest absolute Gasteiger partial charge is 0.478 e. The fourth-order valence-corrected chi connectivity index (χ4v) is 3.37. The number of carboxylic acids is 1. The third-order valence-corrected chi connectivity index (χ3v) is 5.18. The lowest BCUT2D eigenvalue weighted by molar-refractivity contribution is 0.0476. The predicted octanol–water partition coefficient (Wildman–Crippen LogP) is 6.42. The molecule has 0 atom stereocenters. The Morgan fingerprint density at radius 3 is 1.45 bits per heavy atom. The second kappa shape index (κ2) is 16.3. The topological polar surface area (TPSA) is 89.9 Å². The lowest BCUT2D eigenvalue weighted by atomic mass is 10.0. The number of carboxylic acid groups (broad SMARTS) is 1. The molecule has 0 radical (unpaired) electrons. The van der Waals surface area contributed by atoms with Crippen LogP contribution < -0.4 is 0 Å². The smallest absolute Gasteiger partial charge is 0.339 e. The van der Waals surface area contributed by atoms with E-state index in [1.54, 1.807) is 0 Å². The van der Waals surface area contributed by atoms with Gasteiger partial charge in [-0.15, -0.1) is 0 Å². The fraction of sp³-hybridized carbons (Fsp3) is 0.640. The Bertz CT molecular complexity index is 634. The van der Waals surface area contributed by atoms with Gasteiger partial charge in [0.15, 0.2) is 0 Å². The standard InChI is InChI=1S/C25H38O6/c1-3-5-7-9-11-13-18-30-24(28)20-16-15-17-21(22(20)23(26)27)25(29)31-19-14-12-10-8-6-4-2/h15-17H,3-14,18-19H2,1-2H3,(H,26,27). The zero-order chi connectivity index (χ0) is 22.9. The molecular formula is C25H38O6. The molecular weight excluding hydrogens is 396 g/mol. The summed E-state index contributed by atoms with van der Waals surface area (Å²) >= 11 is 0. The van der Waals surface area contributed by atoms with Crippen molar-refractivity contribution in [1.29, 1.82) is 0 Å². The van der Waals surface area contributed by atoms with E-state index in [1.165, 1.54) is 43.9 Å². The van der Waals surface area contributed by atoms with Crippen LogP contribution in [0.4, 0.5) is 0 Å². The molecule has 0 unspecified atom stereocenters. The average Bonchev–Trinajstić information content (AvgIpc) is 2.76. The molecule has 174 valence electrons. The Kier molecular flexibility index (Phi) is 14.1. The Balaban J connectivity index is 2.61. The van der Waals surface area contributed by atoms with Gasteiger partial charge in [-0.25, -0.2) is 14.4 Å². The van der Waals surface area contributed by atoms with Gasteiger partial charge in [-0.2, -0.15) is 0 Å². The van der Waals surface area contributed by atoms with E-state index in [0.29, 0.717) is 0 Å². The van der Waals surface area contributed by atoms with E-state index in [0.717, 1.165) is 51.4 Å². The molecule has 1 N–H and O–H groups in total. The summed E-state index contributed by atoms with van der Waals surface area (Å²) in [5.41, 5.74) is -0.594. The first-order chi connectivity index (χ1) is 15.0. The maximum absolute atomic E-state index is 12.4. The summed E-state index contributed by atoms with van der Waals surface area (Å²) in [6.45, 7) is 4.77. The highest BCUT2D eigenvalue weighted by Crippen LogP contribution is 2.18. The number of esters is 2. The maximum atomic E-state index is 12.4. The minimum absolute atomic E-state index is 0.118. The van der Waals surface area contributed by atoms with E-state index in [2.05, 4.69) is 13.8 Å². The van der Waals surface area contributed by atoms with Crippen molar-refractivity contribution in [2.24, 2.45) is 0 Å². The van der Waals surface area contributed by atoms with Gasteiger partial charge in [-0.05, 0) is 25.0 Å². The van der Waals surface area contributed by atoms with Crippen LogP contribution in [0.3, 0.4) is 0 Å². The highest BCUT2D eigenvalue weighted by Gasteiger charge is 2.25. The van der Waals surface area contributed by atoms with Crippen molar-refractivity contribution in [3.63, 3.8) is 0 Å². The van der Waals surface area contributed by atoms with Gasteiger partial charge >= 0.3 is 17.9 Å². The first kappa shape index (κ1) is 26.7. The molecule has 31 heavy (non-hydrogen) atoms. The number of ether oxygens (including phenoxy) is 2. The Hall–Kier alpha value is -2.37. The molecule has 0 heterocycles. The van der Waals surface area contributed by atoms with Crippen LogP contribution in [0.1, 0.15) is 122 Å². The van der Waals surface area contributed by atoms with Gasteiger partial charge in [0.05, 0.1) is 29.9 Å². The lowest BCUT2D eigenvalue weighted by Crippen LogP contribution is -2.18. The Morgan fingerprint density at radius 1 is 0.677 bits per heavy atom. The van der Waals surface area contributed by atoms with E-state index >= 15 is 0 Å². The first-order valence-corrected chi connectivity index (χ1v) is 11.7. The quantitative estimate of drug-likeness (QED) is 0.225. The van der Waals surface area contributed by atoms with Crippen LogP contribution in [0.25, 0.3) is 0 Å². The van der Waals surface area contributed by atoms with Crippen molar-refractivity contribution in [2.45, 2.75) is 90.9 Å². The zero-order valence-electron chi connectivity index (χ0n) is 19.1. The lowest BCUT2D eigenvalue weighted by Gasteiger charge is -2.11. The second-order valence-corrected chi connectivity index (χ2v) is 7.84. The summed E-state index contributed by atoms with van der Waals surface area (Å²) in [6.07, 6.45) is 12.6. The zero-order valence-corrected chi connectivity index (χ0v) is 19.1. The minimum Gasteiger partial charge on any atom is -0.478 e. The molecule has 1 aromatic rings. The van der Waals surface area contributed by atoms with E-state index in [4.69, 9.17) is 9.47 Å². The van der Waals surface area contributed by atoms with E-state index < -0.39 is 17.9 Å². The summed E-state index contributed by atoms with van der Waals surface area (Å²) in [4.78, 5) is 36.6. The van der Waals surface area contributed by atoms with E-state index in [9.17, 15) is 19.5 Å². The average molecular weight is 435 g/mol. The number of carbonyl (C=O) groups excluding carboxylic acids is 2. The van der Waals surface area contributed by atoms with Crippen molar-refractivity contribution in [2.75, 3.05) is 13.2 Å². The number of unbranched alkanes of at least 4 members (excludes halogenated alkanes) is 10. The molecule has 0 spiro atoms. The summed E-state index contributed by atoms with van der Waals surface area (Å²) in [6, 6.07) is 4.23. The van der Waals surface area contributed by atoms with Crippen LogP contribution >= 0.6 is 0 Å². The van der Waals surface area contributed by atoms with Crippen LogP contribution in [-0.2, 0) is 9.47 Å². The molecule has 0 aromatic heterocycles. The normalized spacial score (nSPS) is 10.6. The third kappa shape index (κ3) is 10.5. The summed E-state index contributed by atoms with van der Waals surface area (Å²) in [5.74, 6) is -2.80. The van der Waals surface area contributed by atoms with Crippen LogP contribution in [0, 0.1) is 0 Å². The molecule has 0 fully saturated rings. The summed E-state index contributed by atoms with van der Waals surface area (Å²) in [7, 11) is 0. The van der Waals surface area contributed by atoms with Crippen LogP contribution in [-0.4, -0.2) is 36.2 Å². The molecule has 1 aromatic carbocycles. The van der Waals surface area contributed by atoms with Crippen LogP contribution in [0.15, 0.2) is 18.2 Å². The molecule has 6 heteroatoms. The first-order valence-electron chi connectivity index (χ1n) is 11.7. The number of hydrogen-bond acceptors (Lipinski definition) is 5. The van der Waals surface area contributed by atoms with Gasteiger partial charge < -0.3 is 14.6 Å². The molecule has 1 rings (SSSR count). The van der Waals surface area contributed by atoms with Gasteiger partial charge in [0.2, 0.25) is 0 Å². The highest BCUT2D eigenvalue weighted by molar-refractivity contribution is 6.09. The van der Waals surface area contributed by atoms with Crippen LogP contribution in [0.5, 0.6) is 0 Å². The molecule has 0 aliphatic carbocycles. The summed E-state index contributed by atoms with van der Waals surface area (Å²) in [5, 5.41) is 9.61. The molecule has 6 nitrogen and oxygen atoms in total. The number of rotatable bonds is 17. The molecule has 0 amide bonds. The van der Waals surface area contributed by atoms with E-state index in [1.807, 2.05) is 0 Å². The third-order valence-electron chi connectivity index (χ3n) is 5.18. The number of hydrogen-bond donors (Lipinski definition) is 1. The number of carbonyl (C=O) groups is 3. The van der Waals surface area contributed by atoms with Crippen molar-refractivity contribution in [3.8, 4) is 0 Å². The maximum Gasteiger partial charge on any atom is 0.339 e. The molecule has 0 saturated carbocycles. The Labute approximate surface area is 186 Å². The second-order valence-electron chi connectivity index (χ2n) is 7.84. The highest BCUT2D eigenvalue weighted by atomic mass is 16.5. The Morgan fingerprint density at radius 2 is 1.06 bits per heavy atom. The van der Waals surface area contributed by atoms with Gasteiger partial charge in [0, 0.05) is 0 Å². The summed E-state index contributed by atoms with van der Waals surface area (Å²) < 4.78 is 10.5. The predicted molar refractivity (Wildman–Crippen MR) is 121 cm³/mol. The van der Waals surface area contributed by atoms with Crippen LogP contribution in [0.2, 0.25) is 0 Å². The monoisotopic (exact) mass is 434 g/mol. The van der Waals surface area contributed by atoms with Gasteiger partial charge in [-0.3, -0.25) is 0 Å².